The first-order valence-corrected chi connectivity index (χ1v) is 4.78. The fourth-order valence-electron chi connectivity index (χ4n) is 1.33. The summed E-state index contributed by atoms with van der Waals surface area (Å²) in [7, 11) is 0. The number of carbonyl (C=O) groups excluding carboxylic acids is 1. The zero-order chi connectivity index (χ0) is 10.5. The maximum atomic E-state index is 11.6. The third-order valence-corrected chi connectivity index (χ3v) is 2.11. The summed E-state index contributed by atoms with van der Waals surface area (Å²) in [5, 5.41) is 3.88. The van der Waals surface area contributed by atoms with Crippen LogP contribution in [-0.4, -0.2) is 20.7 Å². The molecule has 0 N–H and O–H groups in total. The van der Waals surface area contributed by atoms with Gasteiger partial charge in [-0.2, -0.15) is 5.10 Å². The van der Waals surface area contributed by atoms with Gasteiger partial charge in [-0.3, -0.25) is 9.78 Å². The summed E-state index contributed by atoms with van der Waals surface area (Å²) in [4.78, 5) is 15.6. The van der Waals surface area contributed by atoms with Crippen molar-refractivity contribution in [1.29, 1.82) is 0 Å². The fraction of sp³-hybridized carbons (Fsp3) is 0.182. The molecular weight excluding hydrogens is 190 g/mol. The molecule has 0 fully saturated rings. The fourth-order valence-corrected chi connectivity index (χ4v) is 1.33. The highest BCUT2D eigenvalue weighted by atomic mass is 16.2. The van der Waals surface area contributed by atoms with E-state index in [-0.39, 0.29) is 5.91 Å². The zero-order valence-corrected chi connectivity index (χ0v) is 8.21. The predicted octanol–water partition coefficient (Wildman–Crippen LogP) is 1.55. The van der Waals surface area contributed by atoms with Crippen LogP contribution in [0.25, 0.3) is 0 Å². The van der Waals surface area contributed by atoms with Gasteiger partial charge in [-0.05, 0) is 24.1 Å². The molecule has 0 radical (unpaired) electrons. The number of pyridine rings is 1. The molecule has 2 rings (SSSR count). The Balaban J connectivity index is 1.92. The lowest BCUT2D eigenvalue weighted by Crippen LogP contribution is -2.11. The number of aryl methyl sites for hydroxylation is 1. The summed E-state index contributed by atoms with van der Waals surface area (Å²) >= 11 is 0. The summed E-state index contributed by atoms with van der Waals surface area (Å²) in [6.45, 7) is 0. The minimum atomic E-state index is 0.00357. The highest BCUT2D eigenvalue weighted by Crippen LogP contribution is 2.01. The van der Waals surface area contributed by atoms with Crippen LogP contribution in [0.5, 0.6) is 0 Å². The maximum Gasteiger partial charge on any atom is 0.247 e. The van der Waals surface area contributed by atoms with Crippen molar-refractivity contribution in [3.63, 3.8) is 0 Å². The average molecular weight is 201 g/mol. The highest BCUT2D eigenvalue weighted by molar-refractivity contribution is 5.77. The summed E-state index contributed by atoms with van der Waals surface area (Å²) in [6, 6.07) is 5.57. The van der Waals surface area contributed by atoms with Gasteiger partial charge in [-0.25, -0.2) is 4.68 Å². The van der Waals surface area contributed by atoms with Crippen molar-refractivity contribution in [2.24, 2.45) is 0 Å². The van der Waals surface area contributed by atoms with Crippen LogP contribution >= 0.6 is 0 Å². The second kappa shape index (κ2) is 4.50. The topological polar surface area (TPSA) is 47.8 Å². The number of aromatic nitrogens is 3. The summed E-state index contributed by atoms with van der Waals surface area (Å²) in [6.07, 6.45) is 7.91. The molecule has 4 nitrogen and oxygen atoms in total. The van der Waals surface area contributed by atoms with Crippen molar-refractivity contribution in [2.45, 2.75) is 12.8 Å². The molecule has 0 amide bonds. The zero-order valence-electron chi connectivity index (χ0n) is 8.21. The van der Waals surface area contributed by atoms with Crippen LogP contribution in [0, 0.1) is 0 Å². The smallest absolute Gasteiger partial charge is 0.247 e. The van der Waals surface area contributed by atoms with E-state index in [1.807, 2.05) is 12.1 Å². The lowest BCUT2D eigenvalue weighted by Gasteiger charge is -2.00. The molecule has 0 bridgehead atoms. The third kappa shape index (κ3) is 2.49. The van der Waals surface area contributed by atoms with Gasteiger partial charge in [0.15, 0.2) is 0 Å². The molecule has 2 aromatic rings. The van der Waals surface area contributed by atoms with Crippen molar-refractivity contribution in [3.8, 4) is 0 Å². The molecule has 0 aliphatic carbocycles. The van der Waals surface area contributed by atoms with Gasteiger partial charge < -0.3 is 0 Å². The highest BCUT2D eigenvalue weighted by Gasteiger charge is 2.04. The lowest BCUT2D eigenvalue weighted by molar-refractivity contribution is 0.0887. The molecule has 0 saturated heterocycles. The van der Waals surface area contributed by atoms with Gasteiger partial charge in [-0.15, -0.1) is 0 Å². The molecular formula is C11H11N3O. The molecule has 0 aliphatic heterocycles. The van der Waals surface area contributed by atoms with E-state index in [1.54, 1.807) is 30.9 Å². The molecule has 0 atom stereocenters. The van der Waals surface area contributed by atoms with Crippen molar-refractivity contribution in [1.82, 2.24) is 14.8 Å². The van der Waals surface area contributed by atoms with E-state index < -0.39 is 0 Å². The molecule has 0 saturated carbocycles. The second-order valence-corrected chi connectivity index (χ2v) is 3.21. The standard InChI is InChI=1S/C11H11N3O/c15-11(14-8-2-7-13-14)5-4-10-3-1-6-12-9-10/h1-3,6-9H,4-5H2. The number of rotatable bonds is 3. The Bertz CT molecular complexity index is 422. The molecule has 4 heteroatoms. The molecule has 2 aromatic heterocycles. The molecule has 0 aromatic carbocycles. The van der Waals surface area contributed by atoms with E-state index >= 15 is 0 Å². The van der Waals surface area contributed by atoms with E-state index in [4.69, 9.17) is 0 Å². The van der Waals surface area contributed by atoms with E-state index in [2.05, 4.69) is 10.1 Å². The molecule has 0 aliphatic rings. The van der Waals surface area contributed by atoms with E-state index in [9.17, 15) is 4.79 Å². The monoisotopic (exact) mass is 201 g/mol. The third-order valence-electron chi connectivity index (χ3n) is 2.11. The molecule has 76 valence electrons. The van der Waals surface area contributed by atoms with Gasteiger partial charge in [0.2, 0.25) is 5.91 Å². The first-order chi connectivity index (χ1) is 7.36. The van der Waals surface area contributed by atoms with E-state index in [0.29, 0.717) is 12.8 Å². The summed E-state index contributed by atoms with van der Waals surface area (Å²) < 4.78 is 1.36. The van der Waals surface area contributed by atoms with Gasteiger partial charge in [0.1, 0.15) is 0 Å². The van der Waals surface area contributed by atoms with Crippen LogP contribution in [0.3, 0.4) is 0 Å². The van der Waals surface area contributed by atoms with Gasteiger partial charge in [0.05, 0.1) is 0 Å². The van der Waals surface area contributed by atoms with Gasteiger partial charge in [-0.1, -0.05) is 6.07 Å². The molecule has 15 heavy (non-hydrogen) atoms. The van der Waals surface area contributed by atoms with Crippen LogP contribution in [0.1, 0.15) is 16.8 Å². The first-order valence-electron chi connectivity index (χ1n) is 4.78. The number of hydrogen-bond acceptors (Lipinski definition) is 3. The quantitative estimate of drug-likeness (QED) is 0.757. The average Bonchev–Trinajstić information content (AvgIpc) is 2.81. The lowest BCUT2D eigenvalue weighted by atomic mass is 10.1. The number of nitrogens with zero attached hydrogens (tertiary/aromatic N) is 3. The van der Waals surface area contributed by atoms with Crippen LogP contribution in [0.4, 0.5) is 0 Å². The number of carbonyl (C=O) groups is 1. The second-order valence-electron chi connectivity index (χ2n) is 3.21. The molecule has 2 heterocycles. The Labute approximate surface area is 87.6 Å². The van der Waals surface area contributed by atoms with Crippen LogP contribution in [-0.2, 0) is 6.42 Å². The SMILES string of the molecule is O=C(CCc1cccnc1)n1cccn1. The minimum absolute atomic E-state index is 0.00357. The molecule has 0 unspecified atom stereocenters. The van der Waals surface area contributed by atoms with Crippen LogP contribution in [0.15, 0.2) is 43.0 Å². The largest absolute Gasteiger partial charge is 0.273 e. The Morgan fingerprint density at radius 2 is 2.27 bits per heavy atom. The van der Waals surface area contributed by atoms with Crippen LogP contribution < -0.4 is 0 Å². The maximum absolute atomic E-state index is 11.6. The Morgan fingerprint density at radius 3 is 2.93 bits per heavy atom. The minimum Gasteiger partial charge on any atom is -0.273 e. The van der Waals surface area contributed by atoms with E-state index in [0.717, 1.165) is 5.56 Å². The van der Waals surface area contributed by atoms with Crippen molar-refractivity contribution in [2.75, 3.05) is 0 Å². The normalized spacial score (nSPS) is 10.1. The van der Waals surface area contributed by atoms with Crippen molar-refractivity contribution >= 4 is 5.91 Å². The van der Waals surface area contributed by atoms with Crippen molar-refractivity contribution in [3.05, 3.63) is 48.5 Å². The molecule has 0 spiro atoms. The Morgan fingerprint density at radius 1 is 1.33 bits per heavy atom. The van der Waals surface area contributed by atoms with Crippen LogP contribution in [0.2, 0.25) is 0 Å². The first kappa shape index (κ1) is 9.58. The van der Waals surface area contributed by atoms with E-state index in [1.165, 1.54) is 4.68 Å². The van der Waals surface area contributed by atoms with Gasteiger partial charge in [0, 0.05) is 31.2 Å². The van der Waals surface area contributed by atoms with Crippen molar-refractivity contribution < 1.29 is 4.79 Å². The predicted molar refractivity (Wildman–Crippen MR) is 55.4 cm³/mol. The summed E-state index contributed by atoms with van der Waals surface area (Å²) in [5.41, 5.74) is 1.07. The number of hydrogen-bond donors (Lipinski definition) is 0. The van der Waals surface area contributed by atoms with Gasteiger partial charge in [0.25, 0.3) is 0 Å². The summed E-state index contributed by atoms with van der Waals surface area (Å²) in [5.74, 6) is 0.00357. The van der Waals surface area contributed by atoms with Gasteiger partial charge >= 0.3 is 0 Å². The Kier molecular flexibility index (Phi) is 2.88. The Hall–Kier alpha value is -1.97.